The molecule has 0 amide bonds. The molecule has 19 heavy (non-hydrogen) atoms. The molecule has 2 aromatic carbocycles. The van der Waals surface area contributed by atoms with Crippen molar-refractivity contribution in [3.63, 3.8) is 0 Å². The van der Waals surface area contributed by atoms with Gasteiger partial charge in [-0.3, -0.25) is 4.79 Å². The molecule has 2 nitrogen and oxygen atoms in total. The molecule has 0 aliphatic rings. The van der Waals surface area contributed by atoms with Crippen LogP contribution in [-0.2, 0) is 0 Å². The summed E-state index contributed by atoms with van der Waals surface area (Å²) in [4.78, 5) is 12.4. The average molecular weight is 340 g/mol. The van der Waals surface area contributed by atoms with Gasteiger partial charge in [-0.25, -0.2) is 0 Å². The van der Waals surface area contributed by atoms with Gasteiger partial charge < -0.3 is 4.74 Å². The monoisotopic (exact) mass is 338 g/mol. The Kier molecular flexibility index (Phi) is 4.27. The van der Waals surface area contributed by atoms with E-state index in [9.17, 15) is 4.79 Å². The zero-order valence-corrected chi connectivity index (χ0v) is 12.9. The third-order valence-corrected chi connectivity index (χ3v) is 3.64. The van der Waals surface area contributed by atoms with Crippen LogP contribution in [0.3, 0.4) is 0 Å². The second kappa shape index (κ2) is 5.76. The van der Waals surface area contributed by atoms with Gasteiger partial charge in [-0.15, -0.1) is 0 Å². The van der Waals surface area contributed by atoms with Gasteiger partial charge >= 0.3 is 0 Å². The zero-order valence-electron chi connectivity index (χ0n) is 10.5. The highest BCUT2D eigenvalue weighted by atomic mass is 79.9. The molecular weight excluding hydrogens is 328 g/mol. The summed E-state index contributed by atoms with van der Waals surface area (Å²) in [5, 5.41) is 0.433. The SMILES string of the molecule is COc1ccc(C(=O)c2ccc(Br)cc2C)cc1Cl. The Morgan fingerprint density at radius 2 is 1.95 bits per heavy atom. The van der Waals surface area contributed by atoms with Crippen LogP contribution in [0.25, 0.3) is 0 Å². The summed E-state index contributed by atoms with van der Waals surface area (Å²) < 4.78 is 6.03. The summed E-state index contributed by atoms with van der Waals surface area (Å²) in [6.07, 6.45) is 0. The van der Waals surface area contributed by atoms with Gasteiger partial charge in [0.25, 0.3) is 0 Å². The molecule has 0 fully saturated rings. The third-order valence-electron chi connectivity index (χ3n) is 2.85. The first-order valence-corrected chi connectivity index (χ1v) is 6.84. The number of aryl methyl sites for hydroxylation is 1. The third kappa shape index (κ3) is 2.99. The molecule has 0 heterocycles. The van der Waals surface area contributed by atoms with Crippen molar-refractivity contribution in [2.24, 2.45) is 0 Å². The second-order valence-electron chi connectivity index (χ2n) is 4.14. The lowest BCUT2D eigenvalue weighted by Crippen LogP contribution is -2.03. The van der Waals surface area contributed by atoms with E-state index in [0.717, 1.165) is 10.0 Å². The van der Waals surface area contributed by atoms with Gasteiger partial charge in [-0.2, -0.15) is 0 Å². The quantitative estimate of drug-likeness (QED) is 0.761. The number of carbonyl (C=O) groups excluding carboxylic acids is 1. The summed E-state index contributed by atoms with van der Waals surface area (Å²) in [5.41, 5.74) is 2.15. The van der Waals surface area contributed by atoms with E-state index in [1.807, 2.05) is 19.1 Å². The maximum absolute atomic E-state index is 12.4. The van der Waals surface area contributed by atoms with Crippen molar-refractivity contribution in [3.8, 4) is 5.75 Å². The number of hydrogen-bond donors (Lipinski definition) is 0. The Hall–Kier alpha value is -1.32. The molecule has 0 spiro atoms. The largest absolute Gasteiger partial charge is 0.495 e. The van der Waals surface area contributed by atoms with Crippen LogP contribution in [-0.4, -0.2) is 12.9 Å². The van der Waals surface area contributed by atoms with Gasteiger partial charge in [0.05, 0.1) is 12.1 Å². The highest BCUT2D eigenvalue weighted by molar-refractivity contribution is 9.10. The van der Waals surface area contributed by atoms with Crippen LogP contribution in [0.4, 0.5) is 0 Å². The van der Waals surface area contributed by atoms with Crippen LogP contribution in [0, 0.1) is 6.92 Å². The molecule has 0 aliphatic heterocycles. The lowest BCUT2D eigenvalue weighted by molar-refractivity contribution is 0.103. The van der Waals surface area contributed by atoms with E-state index < -0.39 is 0 Å². The fourth-order valence-corrected chi connectivity index (χ4v) is 2.58. The Labute approximate surface area is 125 Å². The summed E-state index contributed by atoms with van der Waals surface area (Å²) >= 11 is 9.42. The maximum atomic E-state index is 12.4. The Bertz CT molecular complexity index is 638. The van der Waals surface area contributed by atoms with Gasteiger partial charge in [0, 0.05) is 15.6 Å². The molecule has 0 saturated heterocycles. The minimum absolute atomic E-state index is 0.0467. The first-order valence-electron chi connectivity index (χ1n) is 5.67. The number of halogens is 2. The molecule has 0 unspecified atom stereocenters. The lowest BCUT2D eigenvalue weighted by Gasteiger charge is -2.08. The van der Waals surface area contributed by atoms with E-state index in [1.165, 1.54) is 0 Å². The van der Waals surface area contributed by atoms with Crippen LogP contribution in [0.5, 0.6) is 5.75 Å². The fraction of sp³-hybridized carbons (Fsp3) is 0.133. The highest BCUT2D eigenvalue weighted by Crippen LogP contribution is 2.27. The topological polar surface area (TPSA) is 26.3 Å². The van der Waals surface area contributed by atoms with E-state index in [1.54, 1.807) is 31.4 Å². The molecule has 0 radical (unpaired) electrons. The van der Waals surface area contributed by atoms with Crippen LogP contribution < -0.4 is 4.74 Å². The molecule has 0 atom stereocenters. The van der Waals surface area contributed by atoms with Crippen molar-refractivity contribution in [3.05, 3.63) is 62.6 Å². The van der Waals surface area contributed by atoms with Crippen molar-refractivity contribution in [2.75, 3.05) is 7.11 Å². The first kappa shape index (κ1) is 14.1. The number of carbonyl (C=O) groups is 1. The van der Waals surface area contributed by atoms with Gasteiger partial charge in [0.15, 0.2) is 5.78 Å². The highest BCUT2D eigenvalue weighted by Gasteiger charge is 2.13. The van der Waals surface area contributed by atoms with Gasteiger partial charge in [0.1, 0.15) is 5.75 Å². The minimum atomic E-state index is -0.0467. The van der Waals surface area contributed by atoms with Crippen molar-refractivity contribution >= 4 is 33.3 Å². The number of ketones is 1. The summed E-state index contributed by atoms with van der Waals surface area (Å²) in [6, 6.07) is 10.6. The van der Waals surface area contributed by atoms with Crippen LogP contribution >= 0.6 is 27.5 Å². The normalized spacial score (nSPS) is 10.3. The van der Waals surface area contributed by atoms with E-state index in [-0.39, 0.29) is 5.78 Å². The summed E-state index contributed by atoms with van der Waals surface area (Å²) in [5.74, 6) is 0.514. The number of benzene rings is 2. The Morgan fingerprint density at radius 3 is 2.53 bits per heavy atom. The Morgan fingerprint density at radius 1 is 1.21 bits per heavy atom. The van der Waals surface area contributed by atoms with Gasteiger partial charge in [0.2, 0.25) is 0 Å². The predicted octanol–water partition coefficient (Wildman–Crippen LogP) is 4.65. The van der Waals surface area contributed by atoms with Crippen molar-refractivity contribution < 1.29 is 9.53 Å². The smallest absolute Gasteiger partial charge is 0.193 e. The van der Waals surface area contributed by atoms with E-state index in [2.05, 4.69) is 15.9 Å². The minimum Gasteiger partial charge on any atom is -0.495 e. The van der Waals surface area contributed by atoms with Gasteiger partial charge in [-0.05, 0) is 48.9 Å². The first-order chi connectivity index (χ1) is 9.02. The van der Waals surface area contributed by atoms with Crippen LogP contribution in [0.15, 0.2) is 40.9 Å². The molecule has 0 saturated carbocycles. The molecule has 0 aromatic heterocycles. The van der Waals surface area contributed by atoms with Crippen molar-refractivity contribution in [2.45, 2.75) is 6.92 Å². The molecule has 4 heteroatoms. The van der Waals surface area contributed by atoms with Crippen LogP contribution in [0.2, 0.25) is 5.02 Å². The van der Waals surface area contributed by atoms with Crippen LogP contribution in [0.1, 0.15) is 21.5 Å². The average Bonchev–Trinajstić information content (AvgIpc) is 2.38. The second-order valence-corrected chi connectivity index (χ2v) is 5.46. The molecule has 0 aliphatic carbocycles. The molecule has 98 valence electrons. The van der Waals surface area contributed by atoms with Crippen molar-refractivity contribution in [1.82, 2.24) is 0 Å². The van der Waals surface area contributed by atoms with E-state index in [4.69, 9.17) is 16.3 Å². The van der Waals surface area contributed by atoms with E-state index in [0.29, 0.717) is 21.9 Å². The predicted molar refractivity (Wildman–Crippen MR) is 80.3 cm³/mol. The van der Waals surface area contributed by atoms with Crippen molar-refractivity contribution in [1.29, 1.82) is 0 Å². The van der Waals surface area contributed by atoms with Gasteiger partial charge in [-0.1, -0.05) is 27.5 Å². The molecular formula is C15H12BrClO2. The standard InChI is InChI=1S/C15H12BrClO2/c1-9-7-11(16)4-5-12(9)15(18)10-3-6-14(19-2)13(17)8-10/h3-8H,1-2H3. The molecule has 0 bridgehead atoms. The zero-order chi connectivity index (χ0) is 14.0. The summed E-state index contributed by atoms with van der Waals surface area (Å²) in [6.45, 7) is 1.91. The number of hydrogen-bond acceptors (Lipinski definition) is 2. The number of ether oxygens (including phenoxy) is 1. The molecule has 2 aromatic rings. The maximum Gasteiger partial charge on any atom is 0.193 e. The summed E-state index contributed by atoms with van der Waals surface area (Å²) in [7, 11) is 1.54. The lowest BCUT2D eigenvalue weighted by atomic mass is 9.99. The molecule has 0 N–H and O–H groups in total. The molecule has 2 rings (SSSR count). The number of rotatable bonds is 3. The Balaban J connectivity index is 2.41. The fourth-order valence-electron chi connectivity index (χ4n) is 1.84. The van der Waals surface area contributed by atoms with E-state index >= 15 is 0 Å². The number of methoxy groups -OCH3 is 1.